The third-order valence-corrected chi connectivity index (χ3v) is 4.48. The summed E-state index contributed by atoms with van der Waals surface area (Å²) >= 11 is 1.71. The molecule has 0 saturated heterocycles. The van der Waals surface area contributed by atoms with Gasteiger partial charge in [0, 0.05) is 37.5 Å². The second-order valence-corrected chi connectivity index (χ2v) is 7.53. The van der Waals surface area contributed by atoms with E-state index in [4.69, 9.17) is 4.74 Å². The number of ether oxygens (including phenoxy) is 1. The maximum Gasteiger partial charge on any atom is 0.251 e. The lowest BCUT2D eigenvalue weighted by molar-refractivity contribution is -0.143. The van der Waals surface area contributed by atoms with Crippen LogP contribution in [0.4, 0.5) is 0 Å². The van der Waals surface area contributed by atoms with E-state index in [0.717, 1.165) is 18.7 Å². The Morgan fingerprint density at radius 1 is 1.25 bits per heavy atom. The van der Waals surface area contributed by atoms with Gasteiger partial charge in [0.25, 0.3) is 5.91 Å². The number of nitrogens with one attached hydrogen (secondary N) is 2. The van der Waals surface area contributed by atoms with E-state index < -0.39 is 5.60 Å². The van der Waals surface area contributed by atoms with Crippen molar-refractivity contribution in [1.29, 1.82) is 0 Å². The van der Waals surface area contributed by atoms with Crippen molar-refractivity contribution >= 4 is 17.9 Å². The van der Waals surface area contributed by atoms with Crippen molar-refractivity contribution in [2.45, 2.75) is 79.5 Å². The molecule has 0 radical (unpaired) electrons. The van der Waals surface area contributed by atoms with Crippen LogP contribution in [0.3, 0.4) is 0 Å². The minimum atomic E-state index is -0.784. The Labute approximate surface area is 154 Å². The van der Waals surface area contributed by atoms with E-state index in [0.29, 0.717) is 25.2 Å². The molecule has 0 fully saturated rings. The van der Waals surface area contributed by atoms with Gasteiger partial charge >= 0.3 is 0 Å². The van der Waals surface area contributed by atoms with E-state index in [-0.39, 0.29) is 5.91 Å². The lowest BCUT2D eigenvalue weighted by atomic mass is 10.1. The molecule has 0 aromatic rings. The SMILES string of the molecule is CC.CCSNC(C)CCOC(C)(C)C(=O)NCCN(C)C(C)C. The quantitative estimate of drug-likeness (QED) is 0.521. The van der Waals surface area contributed by atoms with Crippen molar-refractivity contribution in [3.63, 3.8) is 0 Å². The molecule has 0 heterocycles. The summed E-state index contributed by atoms with van der Waals surface area (Å²) in [5, 5.41) is 2.96. The molecule has 24 heavy (non-hydrogen) atoms. The molecule has 1 amide bonds. The Balaban J connectivity index is 0. The highest BCUT2D eigenvalue weighted by atomic mass is 32.2. The molecular weight excluding hydrogens is 322 g/mol. The summed E-state index contributed by atoms with van der Waals surface area (Å²) in [4.78, 5) is 14.4. The van der Waals surface area contributed by atoms with Crippen molar-refractivity contribution in [1.82, 2.24) is 14.9 Å². The molecule has 146 valence electrons. The van der Waals surface area contributed by atoms with Gasteiger partial charge in [-0.1, -0.05) is 32.7 Å². The standard InChI is InChI=1S/C16H35N3O2S.C2H6/c1-8-22-18-14(4)9-12-21-16(5,6)15(20)17-10-11-19(7)13(2)3;1-2/h13-14,18H,8-12H2,1-7H3,(H,17,20);1-2H3. The van der Waals surface area contributed by atoms with Gasteiger partial charge in [-0.05, 0) is 48.1 Å². The van der Waals surface area contributed by atoms with Gasteiger partial charge in [-0.25, -0.2) is 0 Å². The number of carbonyl (C=O) groups is 1. The molecule has 0 aliphatic rings. The summed E-state index contributed by atoms with van der Waals surface area (Å²) in [6.45, 7) is 18.2. The lowest BCUT2D eigenvalue weighted by Gasteiger charge is -2.26. The maximum atomic E-state index is 12.2. The molecule has 0 rings (SSSR count). The van der Waals surface area contributed by atoms with E-state index in [1.165, 1.54) is 0 Å². The third kappa shape index (κ3) is 13.0. The van der Waals surface area contributed by atoms with E-state index in [9.17, 15) is 4.79 Å². The Morgan fingerprint density at radius 2 is 1.83 bits per heavy atom. The highest BCUT2D eigenvalue weighted by molar-refractivity contribution is 7.97. The minimum Gasteiger partial charge on any atom is -0.366 e. The van der Waals surface area contributed by atoms with Gasteiger partial charge in [-0.15, -0.1) is 0 Å². The first-order valence-corrected chi connectivity index (χ1v) is 10.2. The molecule has 0 saturated carbocycles. The van der Waals surface area contributed by atoms with E-state index in [2.05, 4.69) is 49.7 Å². The van der Waals surface area contributed by atoms with Crippen LogP contribution in [0.15, 0.2) is 0 Å². The molecule has 0 aliphatic heterocycles. The summed E-state index contributed by atoms with van der Waals surface area (Å²) in [6, 6.07) is 0.861. The Bertz CT molecular complexity index is 313. The summed E-state index contributed by atoms with van der Waals surface area (Å²) in [7, 11) is 2.06. The highest BCUT2D eigenvalue weighted by Crippen LogP contribution is 2.11. The summed E-state index contributed by atoms with van der Waals surface area (Å²) in [6.07, 6.45) is 0.889. The van der Waals surface area contributed by atoms with Crippen LogP contribution in [-0.4, -0.2) is 61.0 Å². The van der Waals surface area contributed by atoms with Crippen LogP contribution in [0.25, 0.3) is 0 Å². The predicted octanol–water partition coefficient (Wildman–Crippen LogP) is 3.30. The van der Waals surface area contributed by atoms with E-state index in [1.54, 1.807) is 11.9 Å². The van der Waals surface area contributed by atoms with Crippen LogP contribution < -0.4 is 10.0 Å². The van der Waals surface area contributed by atoms with Gasteiger partial charge in [-0.3, -0.25) is 9.52 Å². The van der Waals surface area contributed by atoms with Crippen molar-refractivity contribution in [3.8, 4) is 0 Å². The predicted molar refractivity (Wildman–Crippen MR) is 108 cm³/mol. The average Bonchev–Trinajstić information content (AvgIpc) is 2.54. The second kappa shape index (κ2) is 15.0. The smallest absolute Gasteiger partial charge is 0.251 e. The molecule has 0 aromatic carbocycles. The van der Waals surface area contributed by atoms with Gasteiger partial charge in [0.1, 0.15) is 5.60 Å². The molecule has 0 spiro atoms. The Hall–Kier alpha value is -0.300. The molecule has 1 atom stereocenters. The minimum absolute atomic E-state index is 0.0480. The number of hydrogen-bond acceptors (Lipinski definition) is 5. The fourth-order valence-electron chi connectivity index (χ4n) is 1.66. The Morgan fingerprint density at radius 3 is 2.33 bits per heavy atom. The average molecular weight is 364 g/mol. The molecule has 1 unspecified atom stereocenters. The third-order valence-electron chi connectivity index (χ3n) is 3.62. The van der Waals surface area contributed by atoms with E-state index in [1.807, 2.05) is 27.7 Å². The molecule has 6 heteroatoms. The number of likely N-dealkylation sites (N-methyl/N-ethyl adjacent to an activating group) is 1. The Kier molecular flexibility index (Phi) is 16.2. The first kappa shape index (κ1) is 25.9. The zero-order chi connectivity index (χ0) is 19.2. The van der Waals surface area contributed by atoms with Gasteiger partial charge < -0.3 is 15.0 Å². The van der Waals surface area contributed by atoms with Crippen LogP contribution in [0.5, 0.6) is 0 Å². The number of rotatable bonds is 12. The van der Waals surface area contributed by atoms with Crippen molar-refractivity contribution in [3.05, 3.63) is 0 Å². The number of nitrogens with zero attached hydrogens (tertiary/aromatic N) is 1. The van der Waals surface area contributed by atoms with Gasteiger partial charge in [-0.2, -0.15) is 0 Å². The first-order valence-electron chi connectivity index (χ1n) is 9.20. The molecule has 5 nitrogen and oxygen atoms in total. The summed E-state index contributed by atoms with van der Waals surface area (Å²) in [5.41, 5.74) is -0.784. The molecule has 0 aromatic heterocycles. The molecule has 0 bridgehead atoms. The van der Waals surface area contributed by atoms with Crippen molar-refractivity contribution in [2.24, 2.45) is 0 Å². The summed E-state index contributed by atoms with van der Waals surface area (Å²) in [5.74, 6) is 0.998. The molecule has 0 aliphatic carbocycles. The van der Waals surface area contributed by atoms with Crippen LogP contribution in [0.2, 0.25) is 0 Å². The van der Waals surface area contributed by atoms with Gasteiger partial charge in [0.05, 0.1) is 0 Å². The zero-order valence-electron chi connectivity index (χ0n) is 17.4. The normalized spacial score (nSPS) is 12.8. The monoisotopic (exact) mass is 363 g/mol. The largest absolute Gasteiger partial charge is 0.366 e. The van der Waals surface area contributed by atoms with Crippen LogP contribution in [0, 0.1) is 0 Å². The number of amides is 1. The summed E-state index contributed by atoms with van der Waals surface area (Å²) < 4.78 is 9.11. The fourth-order valence-corrected chi connectivity index (χ4v) is 2.23. The topological polar surface area (TPSA) is 53.6 Å². The van der Waals surface area contributed by atoms with Crippen molar-refractivity contribution in [2.75, 3.05) is 32.5 Å². The fraction of sp³-hybridized carbons (Fsp3) is 0.944. The van der Waals surface area contributed by atoms with Crippen molar-refractivity contribution < 1.29 is 9.53 Å². The van der Waals surface area contributed by atoms with Crippen LogP contribution >= 0.6 is 11.9 Å². The van der Waals surface area contributed by atoms with Crippen LogP contribution in [0.1, 0.15) is 61.8 Å². The zero-order valence-corrected chi connectivity index (χ0v) is 18.2. The second-order valence-electron chi connectivity index (χ2n) is 6.43. The maximum absolute atomic E-state index is 12.2. The number of hydrogen-bond donors (Lipinski definition) is 2. The molecule has 2 N–H and O–H groups in total. The number of carbonyl (C=O) groups excluding carboxylic acids is 1. The van der Waals surface area contributed by atoms with E-state index >= 15 is 0 Å². The van der Waals surface area contributed by atoms with Gasteiger partial charge in [0.2, 0.25) is 0 Å². The first-order chi connectivity index (χ1) is 11.2. The highest BCUT2D eigenvalue weighted by Gasteiger charge is 2.28. The lowest BCUT2D eigenvalue weighted by Crippen LogP contribution is -2.47. The van der Waals surface area contributed by atoms with Crippen LogP contribution in [-0.2, 0) is 9.53 Å². The van der Waals surface area contributed by atoms with Gasteiger partial charge in [0.15, 0.2) is 0 Å². The molecular formula is C18H41N3O2S.